The van der Waals surface area contributed by atoms with E-state index in [4.69, 9.17) is 0 Å². The van der Waals surface area contributed by atoms with Gasteiger partial charge in [0.25, 0.3) is 0 Å². The highest BCUT2D eigenvalue weighted by Gasteiger charge is 2.35. The molecule has 2 aromatic rings. The van der Waals surface area contributed by atoms with Crippen molar-refractivity contribution >= 4 is 55.3 Å². The minimum atomic E-state index is 0.289. The molecule has 0 aliphatic carbocycles. The molecule has 0 saturated carbocycles. The highest BCUT2D eigenvalue weighted by molar-refractivity contribution is 9.11. The van der Waals surface area contributed by atoms with E-state index in [1.165, 1.54) is 14.6 Å². The summed E-state index contributed by atoms with van der Waals surface area (Å²) in [4.78, 5) is 16.8. The molecule has 3 rings (SSSR count). The molecular formula is C13H12BrOS3+. The normalized spacial score (nSPS) is 19.0. The summed E-state index contributed by atoms with van der Waals surface area (Å²) < 4.78 is 1.14. The Balaban J connectivity index is 2.07. The molecule has 1 atom stereocenters. The summed E-state index contributed by atoms with van der Waals surface area (Å²) in [7, 11) is 0.289. The van der Waals surface area contributed by atoms with Gasteiger partial charge in [-0.3, -0.25) is 4.79 Å². The first-order valence-electron chi connectivity index (χ1n) is 5.79. The van der Waals surface area contributed by atoms with Gasteiger partial charge in [-0.25, -0.2) is 0 Å². The van der Waals surface area contributed by atoms with Gasteiger partial charge in [0, 0.05) is 21.8 Å². The van der Waals surface area contributed by atoms with Gasteiger partial charge in [-0.2, -0.15) is 0 Å². The lowest BCUT2D eigenvalue weighted by atomic mass is 10.2. The number of Topliss-reactive ketones (excluding diaryl/α,β-unsaturated/α-hetero) is 1. The van der Waals surface area contributed by atoms with Crippen molar-refractivity contribution < 1.29 is 4.79 Å². The van der Waals surface area contributed by atoms with E-state index >= 15 is 0 Å². The SMILES string of the molecule is CC[S+]1CCC(=O)c2sc(-c3ccc(Br)s3)cc21. The van der Waals surface area contributed by atoms with E-state index < -0.39 is 0 Å². The van der Waals surface area contributed by atoms with Crippen LogP contribution in [0.15, 0.2) is 26.9 Å². The molecule has 0 bridgehead atoms. The molecular weight excluding hydrogens is 348 g/mol. The molecule has 18 heavy (non-hydrogen) atoms. The Morgan fingerprint density at radius 1 is 1.33 bits per heavy atom. The van der Waals surface area contributed by atoms with E-state index in [2.05, 4.69) is 41.1 Å². The Hall–Kier alpha value is -0.100. The van der Waals surface area contributed by atoms with E-state index in [9.17, 15) is 4.79 Å². The molecule has 0 radical (unpaired) electrons. The predicted octanol–water partition coefficient (Wildman–Crippen LogP) is 4.82. The Morgan fingerprint density at radius 3 is 2.83 bits per heavy atom. The topological polar surface area (TPSA) is 17.1 Å². The third-order valence-corrected chi connectivity index (χ3v) is 8.46. The van der Waals surface area contributed by atoms with Crippen LogP contribution in [0.4, 0.5) is 0 Å². The Bertz CT molecular complexity index is 599. The Labute approximate surface area is 126 Å². The zero-order chi connectivity index (χ0) is 12.7. The molecule has 94 valence electrons. The van der Waals surface area contributed by atoms with Gasteiger partial charge in [0.1, 0.15) is 16.4 Å². The maximum Gasteiger partial charge on any atom is 0.182 e. The van der Waals surface area contributed by atoms with Gasteiger partial charge in [-0.05, 0) is 35.0 Å². The fourth-order valence-corrected chi connectivity index (χ4v) is 7.04. The van der Waals surface area contributed by atoms with E-state index in [0.717, 1.165) is 26.6 Å². The number of carbonyl (C=O) groups excluding carboxylic acids is 1. The predicted molar refractivity (Wildman–Crippen MR) is 85.3 cm³/mol. The molecule has 1 aliphatic heterocycles. The van der Waals surface area contributed by atoms with Crippen molar-refractivity contribution in [2.45, 2.75) is 18.2 Å². The first-order chi connectivity index (χ1) is 8.69. The molecule has 2 aromatic heterocycles. The van der Waals surface area contributed by atoms with Crippen molar-refractivity contribution in [3.63, 3.8) is 0 Å². The van der Waals surface area contributed by atoms with Gasteiger partial charge < -0.3 is 0 Å². The third-order valence-electron chi connectivity index (χ3n) is 3.00. The van der Waals surface area contributed by atoms with Gasteiger partial charge >= 0.3 is 0 Å². The van der Waals surface area contributed by atoms with Crippen LogP contribution in [0.2, 0.25) is 0 Å². The lowest BCUT2D eigenvalue weighted by Crippen LogP contribution is -2.21. The van der Waals surface area contributed by atoms with Crippen molar-refractivity contribution in [1.82, 2.24) is 0 Å². The van der Waals surface area contributed by atoms with Crippen molar-refractivity contribution in [3.8, 4) is 9.75 Å². The van der Waals surface area contributed by atoms with Crippen LogP contribution < -0.4 is 0 Å². The average Bonchev–Trinajstić information content (AvgIpc) is 2.96. The minimum Gasteiger partial charge on any atom is -0.293 e. The summed E-state index contributed by atoms with van der Waals surface area (Å²) in [6.07, 6.45) is 0.734. The first kappa shape index (κ1) is 12.9. The summed E-state index contributed by atoms with van der Waals surface area (Å²) in [5, 5.41) is 0. The van der Waals surface area contributed by atoms with Crippen LogP contribution in [0.3, 0.4) is 0 Å². The molecule has 0 saturated heterocycles. The monoisotopic (exact) mass is 359 g/mol. The number of fused-ring (bicyclic) bond motifs is 1. The zero-order valence-corrected chi connectivity index (χ0v) is 13.9. The molecule has 5 heteroatoms. The summed E-state index contributed by atoms with van der Waals surface area (Å²) in [5.74, 6) is 2.55. The number of ketones is 1. The highest BCUT2D eigenvalue weighted by atomic mass is 79.9. The van der Waals surface area contributed by atoms with Crippen molar-refractivity contribution in [2.24, 2.45) is 0 Å². The quantitative estimate of drug-likeness (QED) is 0.702. The van der Waals surface area contributed by atoms with E-state index in [-0.39, 0.29) is 10.9 Å². The average molecular weight is 360 g/mol. The molecule has 0 amide bonds. The number of hydrogen-bond acceptors (Lipinski definition) is 3. The van der Waals surface area contributed by atoms with Crippen LogP contribution in [0.1, 0.15) is 23.0 Å². The van der Waals surface area contributed by atoms with Crippen LogP contribution in [0, 0.1) is 0 Å². The van der Waals surface area contributed by atoms with Crippen LogP contribution in [0.25, 0.3) is 9.75 Å². The fourth-order valence-electron chi connectivity index (χ4n) is 2.09. The minimum absolute atomic E-state index is 0.289. The lowest BCUT2D eigenvalue weighted by Gasteiger charge is -2.10. The number of rotatable bonds is 2. The molecule has 3 heterocycles. The van der Waals surface area contributed by atoms with Gasteiger partial charge in [-0.1, -0.05) is 0 Å². The molecule has 1 nitrogen and oxygen atoms in total. The Morgan fingerprint density at radius 2 is 2.17 bits per heavy atom. The number of hydrogen-bond donors (Lipinski definition) is 0. The van der Waals surface area contributed by atoms with Crippen molar-refractivity contribution in [1.29, 1.82) is 0 Å². The molecule has 0 N–H and O–H groups in total. The highest BCUT2D eigenvalue weighted by Crippen LogP contribution is 2.41. The molecule has 1 unspecified atom stereocenters. The molecule has 0 fully saturated rings. The second-order valence-corrected chi connectivity index (χ2v) is 9.99. The lowest BCUT2D eigenvalue weighted by molar-refractivity contribution is 0.0988. The number of carbonyl (C=O) groups is 1. The summed E-state index contributed by atoms with van der Waals surface area (Å²) in [6.45, 7) is 2.22. The largest absolute Gasteiger partial charge is 0.293 e. The van der Waals surface area contributed by atoms with Crippen LogP contribution in [0.5, 0.6) is 0 Å². The fraction of sp³-hybridized carbons (Fsp3) is 0.308. The van der Waals surface area contributed by atoms with Crippen molar-refractivity contribution in [3.05, 3.63) is 26.9 Å². The van der Waals surface area contributed by atoms with Gasteiger partial charge in [-0.15, -0.1) is 22.7 Å². The summed E-state index contributed by atoms with van der Waals surface area (Å²) in [6, 6.07) is 6.45. The third kappa shape index (κ3) is 2.22. The summed E-state index contributed by atoms with van der Waals surface area (Å²) >= 11 is 6.91. The van der Waals surface area contributed by atoms with Crippen LogP contribution in [-0.2, 0) is 10.9 Å². The van der Waals surface area contributed by atoms with Gasteiger partial charge in [0.2, 0.25) is 0 Å². The second-order valence-electron chi connectivity index (χ2n) is 4.07. The standard InChI is InChI=1S/C13H12BrOS3/c1-2-18-6-5-8(15)13-11(18)7-10(17-13)9-3-4-12(14)16-9/h3-4,7H,2,5-6H2,1H3/q+1. The van der Waals surface area contributed by atoms with Crippen molar-refractivity contribution in [2.75, 3.05) is 11.5 Å². The Kier molecular flexibility index (Phi) is 3.67. The smallest absolute Gasteiger partial charge is 0.182 e. The van der Waals surface area contributed by atoms with Crippen LogP contribution in [-0.4, -0.2) is 17.3 Å². The number of thiophene rings is 2. The second kappa shape index (κ2) is 5.12. The maximum atomic E-state index is 12.0. The zero-order valence-electron chi connectivity index (χ0n) is 9.86. The van der Waals surface area contributed by atoms with Crippen LogP contribution >= 0.6 is 38.6 Å². The van der Waals surface area contributed by atoms with Gasteiger partial charge in [0.15, 0.2) is 10.7 Å². The van der Waals surface area contributed by atoms with E-state index in [1.807, 2.05) is 0 Å². The molecule has 0 spiro atoms. The number of halogens is 1. The maximum absolute atomic E-state index is 12.0. The van der Waals surface area contributed by atoms with E-state index in [0.29, 0.717) is 5.78 Å². The molecule has 0 aromatic carbocycles. The summed E-state index contributed by atoms with van der Waals surface area (Å²) in [5.41, 5.74) is 0. The van der Waals surface area contributed by atoms with Gasteiger partial charge in [0.05, 0.1) is 15.1 Å². The van der Waals surface area contributed by atoms with E-state index in [1.54, 1.807) is 22.7 Å². The molecule has 1 aliphatic rings. The first-order valence-corrected chi connectivity index (χ1v) is 9.78.